The predicted octanol–water partition coefficient (Wildman–Crippen LogP) is 13.1. The fourth-order valence-corrected chi connectivity index (χ4v) is 10.6. The van der Waals surface area contributed by atoms with Gasteiger partial charge in [0.1, 0.15) is 34.3 Å². The van der Waals surface area contributed by atoms with Crippen molar-refractivity contribution < 1.29 is 55.9 Å². The van der Waals surface area contributed by atoms with E-state index in [1.807, 2.05) is 12.1 Å². The van der Waals surface area contributed by atoms with Crippen LogP contribution in [0.4, 0.5) is 17.6 Å². The Morgan fingerprint density at radius 1 is 0.554 bits per heavy atom. The molecule has 4 aromatic heterocycles. The average molecular weight is 1150 g/mol. The van der Waals surface area contributed by atoms with Gasteiger partial charge in [0.15, 0.2) is 11.2 Å². The number of oxime groups is 2. The van der Waals surface area contributed by atoms with Crippen molar-refractivity contribution in [1.29, 1.82) is 0 Å². The molecule has 0 fully saturated rings. The number of carboxylic acid groups (broad SMARTS) is 2. The highest BCUT2D eigenvalue weighted by atomic mass is 35.5. The number of carbonyl (C=O) groups is 2. The molecule has 83 heavy (non-hydrogen) atoms. The lowest BCUT2D eigenvalue weighted by Crippen LogP contribution is -2.24. The Labute approximate surface area is 473 Å². The molecule has 2 unspecified atom stereocenters. The summed E-state index contributed by atoms with van der Waals surface area (Å²) in [6.07, 6.45) is 3.34. The average Bonchev–Trinajstić information content (AvgIpc) is 4.49. The van der Waals surface area contributed by atoms with Crippen LogP contribution in [0.25, 0.3) is 55.1 Å². The van der Waals surface area contributed by atoms with Gasteiger partial charge in [-0.15, -0.1) is 0 Å². The van der Waals surface area contributed by atoms with Gasteiger partial charge >= 0.3 is 11.9 Å². The number of rotatable bonds is 16. The summed E-state index contributed by atoms with van der Waals surface area (Å²) in [7, 11) is 0. The number of halogens is 5. The highest BCUT2D eigenvalue weighted by Crippen LogP contribution is 2.40. The van der Waals surface area contributed by atoms with Crippen LogP contribution in [-0.4, -0.2) is 52.7 Å². The molecular formula is C62H49ClF4N6O10. The SMILES string of the molecule is CC1(c2nc3ccc(F)cc3o2)CC(c2ccc3c(=O)n(-c4ccc(F)cc4)c(CCCCC(=O)O)c(Cl)c3c2)=NO1.CC1(c2nc3ccc(F)cc3o2)CC(c2ccc3c(=O)n(-c4ccc(F)cc4)c(CCCCC(=O)O)cc3c2)=NO1. The maximum Gasteiger partial charge on any atom is 0.303 e. The van der Waals surface area contributed by atoms with Crippen LogP contribution >= 0.6 is 11.6 Å². The first-order valence-corrected chi connectivity index (χ1v) is 26.9. The van der Waals surface area contributed by atoms with Gasteiger partial charge in [-0.1, -0.05) is 34.0 Å². The van der Waals surface area contributed by atoms with E-state index in [2.05, 4.69) is 20.3 Å². The molecule has 2 aliphatic heterocycles. The van der Waals surface area contributed by atoms with E-state index in [9.17, 15) is 36.7 Å². The first-order chi connectivity index (χ1) is 39.8. The van der Waals surface area contributed by atoms with Crippen molar-refractivity contribution >= 4 is 78.7 Å². The maximum atomic E-state index is 13.8. The van der Waals surface area contributed by atoms with Gasteiger partial charge in [-0.05, 0) is 161 Å². The van der Waals surface area contributed by atoms with Gasteiger partial charge in [-0.2, -0.15) is 0 Å². The number of pyridine rings is 2. The Kier molecular flexibility index (Phi) is 15.0. The molecule has 0 radical (unpaired) electrons. The van der Waals surface area contributed by atoms with Crippen LogP contribution in [0.2, 0.25) is 5.02 Å². The van der Waals surface area contributed by atoms with Crippen LogP contribution in [-0.2, 0) is 43.3 Å². The summed E-state index contributed by atoms with van der Waals surface area (Å²) in [6, 6.07) is 31.9. The number of aromatic nitrogens is 4. The molecule has 10 aromatic rings. The minimum absolute atomic E-state index is 0.0102. The largest absolute Gasteiger partial charge is 0.481 e. The molecule has 12 rings (SSSR count). The summed E-state index contributed by atoms with van der Waals surface area (Å²) in [5.74, 6) is -2.96. The van der Waals surface area contributed by atoms with Crippen LogP contribution in [0, 0.1) is 23.3 Å². The van der Waals surface area contributed by atoms with Crippen LogP contribution in [0.3, 0.4) is 0 Å². The molecule has 0 amide bonds. The molecule has 0 bridgehead atoms. The zero-order chi connectivity index (χ0) is 58.3. The van der Waals surface area contributed by atoms with E-state index < -0.39 is 46.4 Å². The predicted molar refractivity (Wildman–Crippen MR) is 302 cm³/mol. The van der Waals surface area contributed by atoms with E-state index in [1.165, 1.54) is 71.3 Å². The van der Waals surface area contributed by atoms with Crippen LogP contribution < -0.4 is 11.1 Å². The summed E-state index contributed by atoms with van der Waals surface area (Å²) in [5, 5.41) is 29.0. The first-order valence-electron chi connectivity index (χ1n) is 26.5. The second-order valence-electron chi connectivity index (χ2n) is 20.7. The molecule has 0 spiro atoms. The quantitative estimate of drug-likeness (QED) is 0.0683. The smallest absolute Gasteiger partial charge is 0.303 e. The van der Waals surface area contributed by atoms with Crippen molar-refractivity contribution in [3.8, 4) is 11.4 Å². The van der Waals surface area contributed by atoms with Gasteiger partial charge in [0.2, 0.25) is 23.0 Å². The molecule has 422 valence electrons. The van der Waals surface area contributed by atoms with Gasteiger partial charge in [0.05, 0.1) is 16.4 Å². The first kappa shape index (κ1) is 55.5. The summed E-state index contributed by atoms with van der Waals surface area (Å²) in [5.41, 5.74) is 3.78. The molecule has 21 heteroatoms. The Balaban J connectivity index is 0.000000174. The van der Waals surface area contributed by atoms with Gasteiger partial charge in [0.25, 0.3) is 11.1 Å². The Hall–Kier alpha value is -9.43. The number of unbranched alkanes of at least 4 members (excludes halogenated alkanes) is 2. The lowest BCUT2D eigenvalue weighted by Gasteiger charge is -2.18. The summed E-state index contributed by atoms with van der Waals surface area (Å²) >= 11 is 6.95. The van der Waals surface area contributed by atoms with Crippen LogP contribution in [0.1, 0.15) is 99.5 Å². The van der Waals surface area contributed by atoms with Gasteiger partial charge in [-0.3, -0.25) is 28.3 Å². The Morgan fingerprint density at radius 2 is 1.02 bits per heavy atom. The maximum absolute atomic E-state index is 13.8. The number of aryl methyl sites for hydroxylation is 1. The molecule has 2 N–H and O–H groups in total. The van der Waals surface area contributed by atoms with E-state index in [0.29, 0.717) is 140 Å². The number of carboxylic acids is 2. The fourth-order valence-electron chi connectivity index (χ4n) is 10.3. The Bertz CT molecular complexity index is 4410. The second kappa shape index (κ2) is 22.5. The van der Waals surface area contributed by atoms with Crippen molar-refractivity contribution in [3.63, 3.8) is 0 Å². The molecule has 16 nitrogen and oxygen atoms in total. The van der Waals surface area contributed by atoms with Gasteiger partial charge < -0.3 is 28.7 Å². The number of benzene rings is 6. The van der Waals surface area contributed by atoms with Gasteiger partial charge in [0, 0.05) is 87.9 Å². The lowest BCUT2D eigenvalue weighted by molar-refractivity contribution is -0.138. The molecule has 2 aliphatic rings. The second-order valence-corrected chi connectivity index (χ2v) is 21.1. The van der Waals surface area contributed by atoms with Crippen molar-refractivity contribution in [1.82, 2.24) is 19.1 Å². The van der Waals surface area contributed by atoms with Crippen molar-refractivity contribution in [2.75, 3.05) is 0 Å². The highest BCUT2D eigenvalue weighted by Gasteiger charge is 2.43. The van der Waals surface area contributed by atoms with Crippen molar-refractivity contribution in [2.24, 2.45) is 10.3 Å². The molecule has 2 atom stereocenters. The normalized spacial score (nSPS) is 16.7. The summed E-state index contributed by atoms with van der Waals surface area (Å²) < 4.78 is 69.2. The third kappa shape index (κ3) is 11.3. The number of fused-ring (bicyclic) bond motifs is 4. The third-order valence-electron chi connectivity index (χ3n) is 14.6. The monoisotopic (exact) mass is 1150 g/mol. The minimum atomic E-state index is -1.04. The van der Waals surface area contributed by atoms with E-state index in [0.717, 1.165) is 5.56 Å². The molecule has 6 aromatic carbocycles. The van der Waals surface area contributed by atoms with E-state index in [4.69, 9.17) is 40.3 Å². The zero-order valence-electron chi connectivity index (χ0n) is 44.4. The summed E-state index contributed by atoms with van der Waals surface area (Å²) in [6.45, 7) is 3.57. The number of hydrogen-bond donors (Lipinski definition) is 2. The topological polar surface area (TPSA) is 214 Å². The Morgan fingerprint density at radius 3 is 1.55 bits per heavy atom. The van der Waals surface area contributed by atoms with Crippen LogP contribution in [0.15, 0.2) is 156 Å². The molecule has 0 saturated carbocycles. The molecule has 6 heterocycles. The number of hydrogen-bond acceptors (Lipinski definition) is 12. The molecular weight excluding hydrogens is 1100 g/mol. The number of oxazole rings is 2. The zero-order valence-corrected chi connectivity index (χ0v) is 45.2. The van der Waals surface area contributed by atoms with E-state index in [-0.39, 0.29) is 35.7 Å². The van der Waals surface area contributed by atoms with Gasteiger partial charge in [-0.25, -0.2) is 27.5 Å². The van der Waals surface area contributed by atoms with Crippen molar-refractivity contribution in [2.45, 2.75) is 89.3 Å². The summed E-state index contributed by atoms with van der Waals surface area (Å²) in [4.78, 5) is 69.9. The van der Waals surface area contributed by atoms with E-state index >= 15 is 0 Å². The number of aliphatic carboxylic acids is 2. The highest BCUT2D eigenvalue weighted by molar-refractivity contribution is 6.36. The minimum Gasteiger partial charge on any atom is -0.481 e. The van der Waals surface area contributed by atoms with Crippen molar-refractivity contribution in [3.05, 3.63) is 211 Å². The fraction of sp³-hybridized carbons (Fsp3) is 0.226. The van der Waals surface area contributed by atoms with E-state index in [1.54, 1.807) is 66.9 Å². The standard InChI is InChI=1S/C31H24ClF2N3O5.C31H25F2N3O5/c1-31(30-35-23-13-9-19(34)15-26(23)41-30)16-24(36-42-31)17-6-12-21-22(14-17)28(32)25(4-2-3-5-27(38)39)37(29(21)40)20-10-7-18(33)8-11-20;1-31(30-34-25-13-9-21(33)16-27(25)40-30)17-26(35-41-31)18-6-12-24-19(14-18)15-23(4-2-3-5-28(37)38)36(29(24)39)22-10-7-20(32)8-11-22/h6-15H,2-5,16H2,1H3,(H,38,39);6-16H,2-5,17H2,1H3,(H,37,38). The number of nitrogens with zero attached hydrogens (tertiary/aromatic N) is 6. The lowest BCUT2D eigenvalue weighted by atomic mass is 9.94. The van der Waals surface area contributed by atoms with Crippen LogP contribution in [0.5, 0.6) is 0 Å². The molecule has 0 saturated heterocycles. The molecule has 0 aliphatic carbocycles. The third-order valence-corrected chi connectivity index (χ3v) is 15.0.